The van der Waals surface area contributed by atoms with E-state index in [4.69, 9.17) is 0 Å². The second kappa shape index (κ2) is 9.57. The molecule has 0 saturated carbocycles. The SMILES string of the molecule is Cc1cc([C@@H](C)N[S+]([O-])C(C)(C)C)c2cc(-c3ccc(-c4ccc(F)cc4)nc3)n(C)c(=O)c2c1. The van der Waals surface area contributed by atoms with Gasteiger partial charge >= 0.3 is 0 Å². The van der Waals surface area contributed by atoms with Gasteiger partial charge in [-0.2, -0.15) is 0 Å². The third kappa shape index (κ3) is 5.17. The van der Waals surface area contributed by atoms with E-state index in [2.05, 4.69) is 9.71 Å². The Morgan fingerprint density at radius 3 is 2.29 bits per heavy atom. The highest BCUT2D eigenvalue weighted by atomic mass is 32.2. The van der Waals surface area contributed by atoms with Gasteiger partial charge in [-0.25, -0.2) is 4.39 Å². The van der Waals surface area contributed by atoms with E-state index < -0.39 is 16.1 Å². The Morgan fingerprint density at radius 1 is 1.03 bits per heavy atom. The van der Waals surface area contributed by atoms with Crippen molar-refractivity contribution in [2.45, 2.75) is 45.4 Å². The normalized spacial score (nSPS) is 13.7. The molecule has 0 aliphatic rings. The molecule has 4 aromatic rings. The quantitative estimate of drug-likeness (QED) is 0.357. The summed E-state index contributed by atoms with van der Waals surface area (Å²) in [6, 6.07) is 15.7. The highest BCUT2D eigenvalue weighted by molar-refractivity contribution is 7.90. The summed E-state index contributed by atoms with van der Waals surface area (Å²) in [7, 11) is 1.75. The molecule has 7 heteroatoms. The molecule has 2 aromatic carbocycles. The minimum atomic E-state index is -1.26. The second-order valence-corrected chi connectivity index (χ2v) is 11.9. The van der Waals surface area contributed by atoms with E-state index in [9.17, 15) is 13.7 Å². The fourth-order valence-corrected chi connectivity index (χ4v) is 4.86. The van der Waals surface area contributed by atoms with Crippen molar-refractivity contribution in [3.63, 3.8) is 0 Å². The Bertz CT molecular complexity index is 1420. The lowest BCUT2D eigenvalue weighted by Gasteiger charge is -2.27. The first-order chi connectivity index (χ1) is 16.5. The highest BCUT2D eigenvalue weighted by Crippen LogP contribution is 2.30. The molecule has 0 spiro atoms. The number of aromatic nitrogens is 2. The number of hydrogen-bond donors (Lipinski definition) is 1. The average molecular weight is 492 g/mol. The van der Waals surface area contributed by atoms with Crippen LogP contribution in [0.2, 0.25) is 0 Å². The van der Waals surface area contributed by atoms with E-state index in [0.717, 1.165) is 39.0 Å². The molecule has 0 fully saturated rings. The summed E-state index contributed by atoms with van der Waals surface area (Å²) in [6.07, 6.45) is 1.73. The van der Waals surface area contributed by atoms with E-state index in [1.54, 1.807) is 29.9 Å². The van der Waals surface area contributed by atoms with Crippen molar-refractivity contribution in [2.75, 3.05) is 0 Å². The van der Waals surface area contributed by atoms with Gasteiger partial charge in [0.2, 0.25) is 0 Å². The lowest BCUT2D eigenvalue weighted by atomic mass is 9.96. The van der Waals surface area contributed by atoms with E-state index in [1.807, 2.05) is 65.0 Å². The summed E-state index contributed by atoms with van der Waals surface area (Å²) in [5, 5.41) is 1.44. The molecule has 0 aliphatic heterocycles. The first-order valence-electron chi connectivity index (χ1n) is 11.5. The van der Waals surface area contributed by atoms with Crippen molar-refractivity contribution in [3.05, 3.63) is 88.1 Å². The van der Waals surface area contributed by atoms with Gasteiger partial charge in [0.25, 0.3) is 5.56 Å². The number of rotatable bonds is 5. The number of nitrogens with zero attached hydrogens (tertiary/aromatic N) is 2. The van der Waals surface area contributed by atoms with Crippen molar-refractivity contribution in [3.8, 4) is 22.5 Å². The average Bonchev–Trinajstić information content (AvgIpc) is 2.81. The predicted molar refractivity (Wildman–Crippen MR) is 142 cm³/mol. The molecule has 1 N–H and O–H groups in total. The second-order valence-electron chi connectivity index (χ2n) is 9.87. The first-order valence-corrected chi connectivity index (χ1v) is 12.7. The topological polar surface area (TPSA) is 70.0 Å². The zero-order chi connectivity index (χ0) is 25.5. The van der Waals surface area contributed by atoms with Gasteiger partial charge in [0.15, 0.2) is 0 Å². The molecular formula is C28H30FN3O2S. The molecule has 2 aromatic heterocycles. The highest BCUT2D eigenvalue weighted by Gasteiger charge is 2.29. The Morgan fingerprint density at radius 2 is 1.69 bits per heavy atom. The molecule has 0 saturated heterocycles. The molecule has 35 heavy (non-hydrogen) atoms. The van der Waals surface area contributed by atoms with Crippen LogP contribution in [0.4, 0.5) is 4.39 Å². The molecule has 0 radical (unpaired) electrons. The van der Waals surface area contributed by atoms with Crippen LogP contribution in [0.3, 0.4) is 0 Å². The Hall–Kier alpha value is -3.00. The summed E-state index contributed by atoms with van der Waals surface area (Å²) in [5.74, 6) is -0.294. The molecule has 0 aliphatic carbocycles. The number of hydrogen-bond acceptors (Lipinski definition) is 4. The monoisotopic (exact) mass is 491 g/mol. The third-order valence-corrected chi connectivity index (χ3v) is 7.72. The lowest BCUT2D eigenvalue weighted by molar-refractivity contribution is 0.532. The van der Waals surface area contributed by atoms with Crippen LogP contribution in [-0.2, 0) is 18.4 Å². The molecule has 0 bridgehead atoms. The molecule has 1 unspecified atom stereocenters. The lowest BCUT2D eigenvalue weighted by Crippen LogP contribution is -2.40. The maximum atomic E-state index is 13.4. The number of benzene rings is 2. The van der Waals surface area contributed by atoms with Gasteiger partial charge in [-0.3, -0.25) is 9.78 Å². The summed E-state index contributed by atoms with van der Waals surface area (Å²) < 4.78 is 30.4. The van der Waals surface area contributed by atoms with Gasteiger partial charge in [-0.05, 0) is 99.7 Å². The van der Waals surface area contributed by atoms with E-state index >= 15 is 0 Å². The Balaban J connectivity index is 1.80. The summed E-state index contributed by atoms with van der Waals surface area (Å²) in [6.45, 7) is 9.70. The molecule has 5 nitrogen and oxygen atoms in total. The number of aryl methyl sites for hydroxylation is 1. The van der Waals surface area contributed by atoms with Crippen molar-refractivity contribution < 1.29 is 8.94 Å². The van der Waals surface area contributed by atoms with Gasteiger partial charge in [-0.1, -0.05) is 6.07 Å². The third-order valence-electron chi connectivity index (χ3n) is 6.04. The van der Waals surface area contributed by atoms with Crippen molar-refractivity contribution in [1.82, 2.24) is 14.3 Å². The van der Waals surface area contributed by atoms with Crippen LogP contribution >= 0.6 is 0 Å². The van der Waals surface area contributed by atoms with Crippen LogP contribution in [-0.4, -0.2) is 18.9 Å². The number of halogens is 1. The Kier molecular flexibility index (Phi) is 6.86. The zero-order valence-corrected chi connectivity index (χ0v) is 21.7. The number of nitrogens with one attached hydrogen (secondary N) is 1. The number of fused-ring (bicyclic) bond motifs is 1. The molecule has 4 rings (SSSR count). The molecular weight excluding hydrogens is 461 g/mol. The maximum Gasteiger partial charge on any atom is 0.258 e. The van der Waals surface area contributed by atoms with Crippen LogP contribution in [0.1, 0.15) is 44.9 Å². The summed E-state index contributed by atoms with van der Waals surface area (Å²) in [4.78, 5) is 17.9. The van der Waals surface area contributed by atoms with Gasteiger partial charge in [0, 0.05) is 41.1 Å². The maximum absolute atomic E-state index is 13.4. The van der Waals surface area contributed by atoms with Crippen LogP contribution in [0.15, 0.2) is 65.6 Å². The van der Waals surface area contributed by atoms with Crippen molar-refractivity contribution in [1.29, 1.82) is 0 Å². The molecule has 2 heterocycles. The zero-order valence-electron chi connectivity index (χ0n) is 20.8. The fourth-order valence-electron chi connectivity index (χ4n) is 4.06. The standard InChI is InChI=1S/C28H30FN3O2S/c1-17-13-22(18(2)31-35(34)28(3,4)5)23-15-26(32(6)27(33)24(23)14-17)20-9-12-25(30-16-20)19-7-10-21(29)11-8-19/h7-16,18,31H,1-6H3/t18-,35?/m1/s1. The minimum Gasteiger partial charge on any atom is -0.598 e. The van der Waals surface area contributed by atoms with E-state index in [-0.39, 0.29) is 17.4 Å². The van der Waals surface area contributed by atoms with Crippen LogP contribution in [0.5, 0.6) is 0 Å². The largest absolute Gasteiger partial charge is 0.598 e. The molecule has 0 amide bonds. The van der Waals surface area contributed by atoms with Crippen molar-refractivity contribution >= 4 is 22.1 Å². The molecule has 182 valence electrons. The van der Waals surface area contributed by atoms with Gasteiger partial charge in [-0.15, -0.1) is 4.72 Å². The summed E-state index contributed by atoms with van der Waals surface area (Å²) >= 11 is -1.26. The van der Waals surface area contributed by atoms with Crippen LogP contribution in [0, 0.1) is 12.7 Å². The fraction of sp³-hybridized carbons (Fsp3) is 0.286. The predicted octanol–water partition coefficient (Wildman–Crippen LogP) is 5.83. The Labute approximate surface area is 208 Å². The smallest absolute Gasteiger partial charge is 0.258 e. The van der Waals surface area contributed by atoms with Crippen LogP contribution in [0.25, 0.3) is 33.3 Å². The molecule has 2 atom stereocenters. The summed E-state index contributed by atoms with van der Waals surface area (Å²) in [5.41, 5.74) is 4.85. The van der Waals surface area contributed by atoms with Crippen molar-refractivity contribution in [2.24, 2.45) is 7.05 Å². The van der Waals surface area contributed by atoms with Crippen LogP contribution < -0.4 is 10.3 Å². The minimum absolute atomic E-state index is 0.103. The number of pyridine rings is 2. The van der Waals surface area contributed by atoms with Gasteiger partial charge in [0.05, 0.1) is 17.4 Å². The van der Waals surface area contributed by atoms with E-state index in [0.29, 0.717) is 5.39 Å². The van der Waals surface area contributed by atoms with Gasteiger partial charge < -0.3 is 9.12 Å². The first kappa shape index (κ1) is 25.1. The van der Waals surface area contributed by atoms with E-state index in [1.165, 1.54) is 12.1 Å². The van der Waals surface area contributed by atoms with Gasteiger partial charge in [0.1, 0.15) is 10.6 Å².